The highest BCUT2D eigenvalue weighted by Crippen LogP contribution is 2.23. The summed E-state index contributed by atoms with van der Waals surface area (Å²) in [5.74, 6) is 0.875. The van der Waals surface area contributed by atoms with E-state index < -0.39 is 6.04 Å². The number of nitrogens with one attached hydrogen (secondary N) is 1. The zero-order chi connectivity index (χ0) is 13.8. The van der Waals surface area contributed by atoms with Gasteiger partial charge in [-0.2, -0.15) is 0 Å². The van der Waals surface area contributed by atoms with Gasteiger partial charge in [-0.15, -0.1) is 11.8 Å². The Bertz CT molecular complexity index is 413. The van der Waals surface area contributed by atoms with Gasteiger partial charge in [-0.25, -0.2) is 0 Å². The molecular weight excluding hydrogens is 244 g/mol. The van der Waals surface area contributed by atoms with Crippen molar-refractivity contribution in [3.63, 3.8) is 0 Å². The van der Waals surface area contributed by atoms with Crippen molar-refractivity contribution in [1.82, 2.24) is 0 Å². The molecule has 100 valence electrons. The first kappa shape index (κ1) is 15.1. The van der Waals surface area contributed by atoms with Crippen molar-refractivity contribution >= 4 is 23.4 Å². The minimum absolute atomic E-state index is 0.138. The normalized spacial score (nSPS) is 13.2. The minimum Gasteiger partial charge on any atom is -0.325 e. The fourth-order valence-electron chi connectivity index (χ4n) is 1.44. The monoisotopic (exact) mass is 266 g/mol. The summed E-state index contributed by atoms with van der Waals surface area (Å²) in [5, 5.41) is 2.87. The molecule has 0 saturated carbocycles. The predicted octanol–water partition coefficient (Wildman–Crippen LogP) is 3.11. The number of benzene rings is 1. The Morgan fingerprint density at radius 2 is 2.11 bits per heavy atom. The highest BCUT2D eigenvalue weighted by atomic mass is 32.2. The third-order valence-corrected chi connectivity index (χ3v) is 3.50. The number of hydrogen-bond acceptors (Lipinski definition) is 3. The Hall–Kier alpha value is -1.00. The van der Waals surface area contributed by atoms with E-state index in [1.807, 2.05) is 45.0 Å². The summed E-state index contributed by atoms with van der Waals surface area (Å²) in [5.41, 5.74) is 6.49. The summed E-state index contributed by atoms with van der Waals surface area (Å²) < 4.78 is 0. The third-order valence-electron chi connectivity index (χ3n) is 2.63. The van der Waals surface area contributed by atoms with Gasteiger partial charge < -0.3 is 11.1 Å². The molecular formula is C14H22N2OS. The zero-order valence-electron chi connectivity index (χ0n) is 11.5. The number of carbonyl (C=O) groups is 1. The van der Waals surface area contributed by atoms with Crippen molar-refractivity contribution in [2.24, 2.45) is 11.1 Å². The van der Waals surface area contributed by atoms with Crippen LogP contribution in [-0.4, -0.2) is 17.7 Å². The Morgan fingerprint density at radius 1 is 1.44 bits per heavy atom. The van der Waals surface area contributed by atoms with Gasteiger partial charge in [0.2, 0.25) is 5.91 Å². The molecule has 1 amide bonds. The third kappa shape index (κ3) is 4.35. The molecule has 4 heteroatoms. The van der Waals surface area contributed by atoms with E-state index in [2.05, 4.69) is 12.2 Å². The maximum absolute atomic E-state index is 12.0. The van der Waals surface area contributed by atoms with Gasteiger partial charge in [0.1, 0.15) is 0 Å². The van der Waals surface area contributed by atoms with Crippen LogP contribution < -0.4 is 11.1 Å². The molecule has 0 aliphatic heterocycles. The average Bonchev–Trinajstić information content (AvgIpc) is 2.27. The van der Waals surface area contributed by atoms with Gasteiger partial charge in [-0.3, -0.25) is 4.79 Å². The topological polar surface area (TPSA) is 55.1 Å². The van der Waals surface area contributed by atoms with Crippen LogP contribution in [0.25, 0.3) is 0 Å². The van der Waals surface area contributed by atoms with Crippen LogP contribution in [0.1, 0.15) is 27.7 Å². The maximum atomic E-state index is 12.0. The number of amides is 1. The molecule has 0 heterocycles. The quantitative estimate of drug-likeness (QED) is 0.823. The summed E-state index contributed by atoms with van der Waals surface area (Å²) in [6, 6.07) is 7.32. The van der Waals surface area contributed by atoms with Crippen molar-refractivity contribution in [1.29, 1.82) is 0 Å². The van der Waals surface area contributed by atoms with Gasteiger partial charge >= 0.3 is 0 Å². The van der Waals surface area contributed by atoms with Gasteiger partial charge in [0, 0.05) is 10.6 Å². The highest BCUT2D eigenvalue weighted by Gasteiger charge is 2.27. The van der Waals surface area contributed by atoms with Gasteiger partial charge in [-0.05, 0) is 29.4 Å². The van der Waals surface area contributed by atoms with Crippen LogP contribution in [0.3, 0.4) is 0 Å². The summed E-state index contributed by atoms with van der Waals surface area (Å²) >= 11 is 1.75. The van der Waals surface area contributed by atoms with E-state index in [9.17, 15) is 4.79 Å². The Kier molecular flexibility index (Phi) is 5.23. The van der Waals surface area contributed by atoms with Crippen molar-refractivity contribution in [3.05, 3.63) is 24.3 Å². The summed E-state index contributed by atoms with van der Waals surface area (Å²) in [6.45, 7) is 7.98. The van der Waals surface area contributed by atoms with Crippen LogP contribution in [0.5, 0.6) is 0 Å². The molecule has 0 aliphatic rings. The number of rotatable bonds is 4. The fourth-order valence-corrected chi connectivity index (χ4v) is 2.16. The Labute approximate surface area is 114 Å². The predicted molar refractivity (Wildman–Crippen MR) is 78.9 cm³/mol. The molecule has 3 N–H and O–H groups in total. The van der Waals surface area contributed by atoms with Gasteiger partial charge in [-0.1, -0.05) is 33.8 Å². The second-order valence-electron chi connectivity index (χ2n) is 5.29. The molecule has 0 saturated heterocycles. The van der Waals surface area contributed by atoms with Gasteiger partial charge in [0.05, 0.1) is 6.04 Å². The molecule has 0 spiro atoms. The van der Waals surface area contributed by atoms with Crippen molar-refractivity contribution in [2.45, 2.75) is 38.6 Å². The van der Waals surface area contributed by atoms with Crippen molar-refractivity contribution < 1.29 is 4.79 Å². The second kappa shape index (κ2) is 6.25. The Morgan fingerprint density at radius 3 is 2.67 bits per heavy atom. The lowest BCUT2D eigenvalue weighted by atomic mass is 9.87. The SMILES string of the molecule is CCSc1cccc(NC(=O)[C@@H](N)C(C)(C)C)c1. The Balaban J connectivity index is 2.73. The first-order valence-corrected chi connectivity index (χ1v) is 7.12. The first-order chi connectivity index (χ1) is 8.34. The molecule has 0 aliphatic carbocycles. The minimum atomic E-state index is -0.514. The van der Waals surface area contributed by atoms with Crippen LogP contribution >= 0.6 is 11.8 Å². The average molecular weight is 266 g/mol. The summed E-state index contributed by atoms with van der Waals surface area (Å²) in [7, 11) is 0. The van der Waals surface area contributed by atoms with Gasteiger partial charge in [0.15, 0.2) is 0 Å². The fraction of sp³-hybridized carbons (Fsp3) is 0.500. The lowest BCUT2D eigenvalue weighted by Gasteiger charge is -2.25. The maximum Gasteiger partial charge on any atom is 0.241 e. The molecule has 0 radical (unpaired) electrons. The number of nitrogens with two attached hydrogens (primary N) is 1. The van der Waals surface area contributed by atoms with Crippen LogP contribution in [0, 0.1) is 5.41 Å². The van der Waals surface area contributed by atoms with E-state index in [1.54, 1.807) is 11.8 Å². The number of thioether (sulfide) groups is 1. The van der Waals surface area contributed by atoms with Crippen LogP contribution in [-0.2, 0) is 4.79 Å². The van der Waals surface area contributed by atoms with Crippen LogP contribution in [0.4, 0.5) is 5.69 Å². The summed E-state index contributed by atoms with van der Waals surface area (Å²) in [6.07, 6.45) is 0. The molecule has 0 unspecified atom stereocenters. The standard InChI is InChI=1S/C14H22N2OS/c1-5-18-11-8-6-7-10(9-11)16-13(17)12(15)14(2,3)4/h6-9,12H,5,15H2,1-4H3,(H,16,17)/t12-/m1/s1. The van der Waals surface area contributed by atoms with E-state index in [-0.39, 0.29) is 11.3 Å². The van der Waals surface area contributed by atoms with E-state index in [0.717, 1.165) is 16.3 Å². The smallest absolute Gasteiger partial charge is 0.241 e. The number of anilines is 1. The first-order valence-electron chi connectivity index (χ1n) is 6.14. The molecule has 0 aromatic heterocycles. The van der Waals surface area contributed by atoms with Crippen LogP contribution in [0.2, 0.25) is 0 Å². The number of hydrogen-bond donors (Lipinski definition) is 2. The van der Waals surface area contributed by atoms with Crippen molar-refractivity contribution in [3.8, 4) is 0 Å². The molecule has 1 aromatic carbocycles. The summed E-state index contributed by atoms with van der Waals surface area (Å²) in [4.78, 5) is 13.1. The lowest BCUT2D eigenvalue weighted by Crippen LogP contribution is -2.45. The second-order valence-corrected chi connectivity index (χ2v) is 6.63. The largest absolute Gasteiger partial charge is 0.325 e. The van der Waals surface area contributed by atoms with Gasteiger partial charge in [0.25, 0.3) is 0 Å². The lowest BCUT2D eigenvalue weighted by molar-refractivity contribution is -0.119. The molecule has 0 bridgehead atoms. The highest BCUT2D eigenvalue weighted by molar-refractivity contribution is 7.99. The van der Waals surface area contributed by atoms with E-state index >= 15 is 0 Å². The van der Waals surface area contributed by atoms with E-state index in [0.29, 0.717) is 0 Å². The van der Waals surface area contributed by atoms with Crippen molar-refractivity contribution in [2.75, 3.05) is 11.1 Å². The molecule has 18 heavy (non-hydrogen) atoms. The van der Waals surface area contributed by atoms with Crippen LogP contribution in [0.15, 0.2) is 29.2 Å². The van der Waals surface area contributed by atoms with E-state index in [1.165, 1.54) is 0 Å². The molecule has 1 rings (SSSR count). The number of carbonyl (C=O) groups excluding carboxylic acids is 1. The molecule has 0 fully saturated rings. The molecule has 1 aromatic rings. The zero-order valence-corrected chi connectivity index (χ0v) is 12.3. The van der Waals surface area contributed by atoms with E-state index in [4.69, 9.17) is 5.73 Å². The molecule has 1 atom stereocenters. The molecule has 3 nitrogen and oxygen atoms in total.